The molecule has 8 heteroatoms. The van der Waals surface area contributed by atoms with Gasteiger partial charge in [-0.25, -0.2) is 18.1 Å². The summed E-state index contributed by atoms with van der Waals surface area (Å²) in [7, 11) is -3.53. The van der Waals surface area contributed by atoms with Gasteiger partial charge in [-0.1, -0.05) is 25.0 Å². The van der Waals surface area contributed by atoms with Crippen LogP contribution in [0.1, 0.15) is 38.2 Å². The zero-order chi connectivity index (χ0) is 18.6. The predicted octanol–water partition coefficient (Wildman–Crippen LogP) is 2.72. The molecule has 0 radical (unpaired) electrons. The highest BCUT2D eigenvalue weighted by Gasteiger charge is 2.23. The van der Waals surface area contributed by atoms with Crippen LogP contribution in [0.3, 0.4) is 0 Å². The van der Waals surface area contributed by atoms with Crippen LogP contribution < -0.4 is 15.9 Å². The van der Waals surface area contributed by atoms with E-state index < -0.39 is 10.0 Å². The van der Waals surface area contributed by atoms with Crippen molar-refractivity contribution >= 4 is 27.2 Å². The fraction of sp³-hybridized carbons (Fsp3) is 0.333. The molecule has 1 aromatic heterocycles. The van der Waals surface area contributed by atoms with Crippen molar-refractivity contribution in [3.05, 3.63) is 48.2 Å². The summed E-state index contributed by atoms with van der Waals surface area (Å²) < 4.78 is 27.5. The van der Waals surface area contributed by atoms with Crippen molar-refractivity contribution < 1.29 is 8.42 Å². The van der Waals surface area contributed by atoms with E-state index in [9.17, 15) is 8.42 Å². The summed E-state index contributed by atoms with van der Waals surface area (Å²) in [5.74, 6) is 0.472. The van der Waals surface area contributed by atoms with Gasteiger partial charge in [-0.2, -0.15) is 5.10 Å². The summed E-state index contributed by atoms with van der Waals surface area (Å²) in [6.07, 6.45) is 5.27. The van der Waals surface area contributed by atoms with E-state index in [0.29, 0.717) is 11.5 Å². The van der Waals surface area contributed by atoms with Gasteiger partial charge >= 0.3 is 0 Å². The molecule has 2 aromatic rings. The number of anilines is 2. The monoisotopic (exact) mass is 373 g/mol. The molecule has 26 heavy (non-hydrogen) atoms. The topological polar surface area (TPSA) is 109 Å². The molecule has 0 spiro atoms. The molecule has 0 atom stereocenters. The minimum Gasteiger partial charge on any atom is -0.399 e. The molecule has 1 aromatic carbocycles. The molecular weight excluding hydrogens is 350 g/mol. The maximum absolute atomic E-state index is 12.4. The fourth-order valence-corrected chi connectivity index (χ4v) is 4.12. The summed E-state index contributed by atoms with van der Waals surface area (Å²) in [5, 5.41) is 4.27. The Bertz CT molecular complexity index is 871. The molecule has 1 aliphatic rings. The standard InChI is InChI=1S/C18H23N5O2S/c1-13(14-6-8-15(19)9-7-14)21-22-18-11-10-17(12-20-18)26(24,25)23-16-4-2-3-5-16/h6-12,16,23H,2-5,19H2,1H3,(H,20,22). The van der Waals surface area contributed by atoms with Gasteiger partial charge in [-0.3, -0.25) is 5.43 Å². The summed E-state index contributed by atoms with van der Waals surface area (Å²) in [6.45, 7) is 1.86. The Morgan fingerprint density at radius 2 is 1.85 bits per heavy atom. The van der Waals surface area contributed by atoms with Gasteiger partial charge in [0.2, 0.25) is 10.0 Å². The average Bonchev–Trinajstić information content (AvgIpc) is 3.13. The number of benzene rings is 1. The summed E-state index contributed by atoms with van der Waals surface area (Å²) >= 11 is 0. The first-order chi connectivity index (χ1) is 12.4. The average molecular weight is 373 g/mol. The third-order valence-electron chi connectivity index (χ3n) is 4.39. The molecule has 1 saturated carbocycles. The van der Waals surface area contributed by atoms with Gasteiger partial charge < -0.3 is 5.73 Å². The van der Waals surface area contributed by atoms with E-state index in [0.717, 1.165) is 37.0 Å². The lowest BCUT2D eigenvalue weighted by molar-refractivity contribution is 0.552. The predicted molar refractivity (Wildman–Crippen MR) is 104 cm³/mol. The number of aromatic nitrogens is 1. The van der Waals surface area contributed by atoms with Crippen molar-refractivity contribution in [2.24, 2.45) is 5.10 Å². The van der Waals surface area contributed by atoms with Crippen molar-refractivity contribution in [3.8, 4) is 0 Å². The fourth-order valence-electron chi connectivity index (χ4n) is 2.87. The van der Waals surface area contributed by atoms with Gasteiger partial charge in [0.05, 0.1) is 5.71 Å². The lowest BCUT2D eigenvalue weighted by Gasteiger charge is -2.12. The van der Waals surface area contributed by atoms with Crippen LogP contribution >= 0.6 is 0 Å². The number of pyridine rings is 1. The van der Waals surface area contributed by atoms with E-state index >= 15 is 0 Å². The second-order valence-corrected chi connectivity index (χ2v) is 8.13. The third kappa shape index (κ3) is 4.59. The second-order valence-electron chi connectivity index (χ2n) is 6.41. The van der Waals surface area contributed by atoms with Crippen molar-refractivity contribution in [3.63, 3.8) is 0 Å². The quantitative estimate of drug-likeness (QED) is 0.410. The Balaban J connectivity index is 1.65. The molecular formula is C18H23N5O2S. The molecule has 0 saturated heterocycles. The van der Waals surface area contributed by atoms with Gasteiger partial charge in [0.1, 0.15) is 10.7 Å². The normalized spacial score (nSPS) is 16.0. The number of nitrogens with zero attached hydrogens (tertiary/aromatic N) is 2. The van der Waals surface area contributed by atoms with Crippen LogP contribution in [0.15, 0.2) is 52.6 Å². The Kier molecular flexibility index (Phi) is 5.53. The summed E-state index contributed by atoms with van der Waals surface area (Å²) in [4.78, 5) is 4.30. The van der Waals surface area contributed by atoms with E-state index in [4.69, 9.17) is 5.73 Å². The first kappa shape index (κ1) is 18.3. The molecule has 1 heterocycles. The minimum atomic E-state index is -3.53. The van der Waals surface area contributed by atoms with Crippen LogP contribution in [0.25, 0.3) is 0 Å². The van der Waals surface area contributed by atoms with E-state index in [-0.39, 0.29) is 10.9 Å². The molecule has 0 aliphatic heterocycles. The van der Waals surface area contributed by atoms with Gasteiger partial charge in [0.25, 0.3) is 0 Å². The highest BCUT2D eigenvalue weighted by atomic mass is 32.2. The van der Waals surface area contributed by atoms with Crippen LogP contribution in [0.4, 0.5) is 11.5 Å². The second kappa shape index (κ2) is 7.84. The highest BCUT2D eigenvalue weighted by molar-refractivity contribution is 7.89. The largest absolute Gasteiger partial charge is 0.399 e. The minimum absolute atomic E-state index is 0.0324. The first-order valence-corrected chi connectivity index (χ1v) is 10.1. The van der Waals surface area contributed by atoms with Crippen LogP contribution in [0.5, 0.6) is 0 Å². The third-order valence-corrected chi connectivity index (χ3v) is 5.90. The lowest BCUT2D eigenvalue weighted by atomic mass is 10.1. The molecule has 0 unspecified atom stereocenters. The number of hydrazone groups is 1. The van der Waals surface area contributed by atoms with Crippen molar-refractivity contribution in [2.75, 3.05) is 11.2 Å². The van der Waals surface area contributed by atoms with Gasteiger partial charge in [0.15, 0.2) is 0 Å². The zero-order valence-corrected chi connectivity index (χ0v) is 15.5. The van der Waals surface area contributed by atoms with Gasteiger partial charge in [-0.15, -0.1) is 0 Å². The molecule has 0 amide bonds. The number of rotatable bonds is 6. The first-order valence-electron chi connectivity index (χ1n) is 8.59. The summed E-state index contributed by atoms with van der Waals surface area (Å²) in [6, 6.07) is 10.5. The van der Waals surface area contributed by atoms with Crippen LogP contribution in [0.2, 0.25) is 0 Å². The Morgan fingerprint density at radius 1 is 1.15 bits per heavy atom. The molecule has 3 rings (SSSR count). The summed E-state index contributed by atoms with van der Waals surface area (Å²) in [5.41, 5.74) is 10.9. The van der Waals surface area contributed by atoms with E-state index in [1.54, 1.807) is 6.07 Å². The zero-order valence-electron chi connectivity index (χ0n) is 14.6. The highest BCUT2D eigenvalue weighted by Crippen LogP contribution is 2.20. The maximum atomic E-state index is 12.4. The lowest BCUT2D eigenvalue weighted by Crippen LogP contribution is -2.32. The van der Waals surface area contributed by atoms with Crippen LogP contribution in [-0.2, 0) is 10.0 Å². The Morgan fingerprint density at radius 3 is 2.46 bits per heavy atom. The Labute approximate surface area is 153 Å². The SMILES string of the molecule is CC(=NNc1ccc(S(=O)(=O)NC2CCCC2)cn1)c1ccc(N)cc1. The number of nitrogens with one attached hydrogen (secondary N) is 2. The van der Waals surface area contributed by atoms with Crippen molar-refractivity contribution in [2.45, 2.75) is 43.5 Å². The van der Waals surface area contributed by atoms with Gasteiger partial charge in [-0.05, 0) is 49.6 Å². The molecule has 4 N–H and O–H groups in total. The smallest absolute Gasteiger partial charge is 0.242 e. The molecule has 0 bridgehead atoms. The number of nitrogens with two attached hydrogens (primary N) is 1. The molecule has 7 nitrogen and oxygen atoms in total. The van der Waals surface area contributed by atoms with Crippen LogP contribution in [-0.4, -0.2) is 25.2 Å². The number of nitrogen functional groups attached to an aromatic ring is 1. The number of hydrogen-bond acceptors (Lipinski definition) is 6. The van der Waals surface area contributed by atoms with Crippen LogP contribution in [0, 0.1) is 0 Å². The molecule has 1 fully saturated rings. The van der Waals surface area contributed by atoms with E-state index in [1.807, 2.05) is 31.2 Å². The van der Waals surface area contributed by atoms with Gasteiger partial charge in [0, 0.05) is 17.9 Å². The maximum Gasteiger partial charge on any atom is 0.242 e. The molecule has 138 valence electrons. The van der Waals surface area contributed by atoms with E-state index in [2.05, 4.69) is 20.2 Å². The number of hydrogen-bond donors (Lipinski definition) is 3. The molecule has 1 aliphatic carbocycles. The van der Waals surface area contributed by atoms with Crippen molar-refractivity contribution in [1.82, 2.24) is 9.71 Å². The van der Waals surface area contributed by atoms with E-state index in [1.165, 1.54) is 12.3 Å². The Hall–Kier alpha value is -2.45. The number of sulfonamides is 1. The van der Waals surface area contributed by atoms with Crippen molar-refractivity contribution in [1.29, 1.82) is 0 Å².